The summed E-state index contributed by atoms with van der Waals surface area (Å²) in [5.41, 5.74) is 0. The third-order valence-electron chi connectivity index (χ3n) is 2.29. The van der Waals surface area contributed by atoms with Gasteiger partial charge in [-0.05, 0) is 37.3 Å². The minimum atomic E-state index is 0.668. The number of thiophene rings is 1. The van der Waals surface area contributed by atoms with E-state index in [0.717, 1.165) is 11.4 Å². The second kappa shape index (κ2) is 3.77. The lowest BCUT2D eigenvalue weighted by Crippen LogP contribution is -2.23. The molecule has 0 amide bonds. The fraction of sp³-hybridized carbons (Fsp3) is 0.556. The summed E-state index contributed by atoms with van der Waals surface area (Å²) in [7, 11) is 0. The van der Waals surface area contributed by atoms with Crippen LogP contribution in [0.15, 0.2) is 11.4 Å². The van der Waals surface area contributed by atoms with E-state index in [1.807, 2.05) is 6.07 Å². The van der Waals surface area contributed by atoms with Crippen molar-refractivity contribution < 1.29 is 0 Å². The van der Waals surface area contributed by atoms with Crippen molar-refractivity contribution in [2.75, 3.05) is 6.54 Å². The first kappa shape index (κ1) is 8.54. The second-order valence-corrected chi connectivity index (χ2v) is 4.60. The van der Waals surface area contributed by atoms with Gasteiger partial charge in [0.25, 0.3) is 0 Å². The molecule has 1 aromatic rings. The molecule has 3 heteroatoms. The van der Waals surface area contributed by atoms with Crippen LogP contribution < -0.4 is 5.32 Å². The SMILES string of the molecule is Clc1ccsc1CC1CCCN1. The first-order valence-electron chi connectivity index (χ1n) is 4.31. The molecule has 2 rings (SSSR count). The van der Waals surface area contributed by atoms with E-state index >= 15 is 0 Å². The topological polar surface area (TPSA) is 12.0 Å². The Morgan fingerprint density at radius 1 is 1.67 bits per heavy atom. The molecule has 1 unspecified atom stereocenters. The van der Waals surface area contributed by atoms with Crippen LogP contribution in [0.25, 0.3) is 0 Å². The van der Waals surface area contributed by atoms with E-state index in [9.17, 15) is 0 Å². The zero-order chi connectivity index (χ0) is 8.39. The van der Waals surface area contributed by atoms with Crippen LogP contribution in [0, 0.1) is 0 Å². The Morgan fingerprint density at radius 2 is 2.58 bits per heavy atom. The summed E-state index contributed by atoms with van der Waals surface area (Å²) >= 11 is 7.77. The van der Waals surface area contributed by atoms with Gasteiger partial charge in [-0.1, -0.05) is 11.6 Å². The second-order valence-electron chi connectivity index (χ2n) is 3.19. The first-order chi connectivity index (χ1) is 5.86. The van der Waals surface area contributed by atoms with E-state index in [1.165, 1.54) is 24.3 Å². The largest absolute Gasteiger partial charge is 0.314 e. The molecular formula is C9H12ClNS. The normalized spacial score (nSPS) is 23.2. The molecule has 0 spiro atoms. The fourth-order valence-electron chi connectivity index (χ4n) is 1.63. The summed E-state index contributed by atoms with van der Waals surface area (Å²) in [4.78, 5) is 1.33. The average molecular weight is 202 g/mol. The molecule has 1 aromatic heterocycles. The molecule has 1 fully saturated rings. The molecule has 0 radical (unpaired) electrons. The van der Waals surface area contributed by atoms with Crippen molar-refractivity contribution in [1.82, 2.24) is 5.32 Å². The zero-order valence-corrected chi connectivity index (χ0v) is 8.42. The molecular weight excluding hydrogens is 190 g/mol. The molecule has 1 aliphatic rings. The summed E-state index contributed by atoms with van der Waals surface area (Å²) in [6.45, 7) is 1.17. The average Bonchev–Trinajstić information content (AvgIpc) is 2.65. The lowest BCUT2D eigenvalue weighted by atomic mass is 10.1. The third kappa shape index (κ3) is 1.82. The van der Waals surface area contributed by atoms with Crippen molar-refractivity contribution in [2.24, 2.45) is 0 Å². The minimum absolute atomic E-state index is 0.668. The first-order valence-corrected chi connectivity index (χ1v) is 5.57. The van der Waals surface area contributed by atoms with Crippen LogP contribution in [-0.4, -0.2) is 12.6 Å². The summed E-state index contributed by atoms with van der Waals surface area (Å²) in [5, 5.41) is 6.47. The van der Waals surface area contributed by atoms with Crippen molar-refractivity contribution in [3.05, 3.63) is 21.3 Å². The molecule has 1 aliphatic heterocycles. The van der Waals surface area contributed by atoms with Gasteiger partial charge in [0.05, 0.1) is 5.02 Å². The maximum absolute atomic E-state index is 6.00. The van der Waals surface area contributed by atoms with E-state index in [1.54, 1.807) is 11.3 Å². The van der Waals surface area contributed by atoms with Crippen LogP contribution >= 0.6 is 22.9 Å². The van der Waals surface area contributed by atoms with Gasteiger partial charge in [-0.3, -0.25) is 0 Å². The maximum atomic E-state index is 6.00. The Hall–Kier alpha value is -0.0500. The molecule has 12 heavy (non-hydrogen) atoms. The van der Waals surface area contributed by atoms with Gasteiger partial charge < -0.3 is 5.32 Å². The van der Waals surface area contributed by atoms with Crippen molar-refractivity contribution in [3.8, 4) is 0 Å². The molecule has 2 heterocycles. The molecule has 0 aliphatic carbocycles. The van der Waals surface area contributed by atoms with Gasteiger partial charge in [-0.25, -0.2) is 0 Å². The highest BCUT2D eigenvalue weighted by molar-refractivity contribution is 7.10. The molecule has 1 atom stereocenters. The molecule has 1 saturated heterocycles. The lowest BCUT2D eigenvalue weighted by Gasteiger charge is -2.07. The Morgan fingerprint density at radius 3 is 3.17 bits per heavy atom. The highest BCUT2D eigenvalue weighted by Crippen LogP contribution is 2.25. The highest BCUT2D eigenvalue weighted by atomic mass is 35.5. The lowest BCUT2D eigenvalue weighted by molar-refractivity contribution is 0.608. The van der Waals surface area contributed by atoms with Crippen LogP contribution in [-0.2, 0) is 6.42 Å². The number of hydrogen-bond acceptors (Lipinski definition) is 2. The Balaban J connectivity index is 1.98. The monoisotopic (exact) mass is 201 g/mol. The standard InChI is InChI=1S/C9H12ClNS/c10-8-3-5-12-9(8)6-7-2-1-4-11-7/h3,5,7,11H,1-2,4,6H2. The number of nitrogens with one attached hydrogen (secondary N) is 1. The van der Waals surface area contributed by atoms with Crippen molar-refractivity contribution in [3.63, 3.8) is 0 Å². The molecule has 0 aromatic carbocycles. The van der Waals surface area contributed by atoms with Gasteiger partial charge in [-0.2, -0.15) is 0 Å². The predicted octanol–water partition coefficient (Wildman–Crippen LogP) is 2.70. The van der Waals surface area contributed by atoms with E-state index in [0.29, 0.717) is 6.04 Å². The number of rotatable bonds is 2. The maximum Gasteiger partial charge on any atom is 0.0545 e. The Kier molecular flexibility index (Phi) is 2.69. The van der Waals surface area contributed by atoms with Gasteiger partial charge in [0, 0.05) is 10.9 Å². The van der Waals surface area contributed by atoms with Crippen LogP contribution in [0.5, 0.6) is 0 Å². The minimum Gasteiger partial charge on any atom is -0.314 e. The smallest absolute Gasteiger partial charge is 0.0545 e. The van der Waals surface area contributed by atoms with E-state index < -0.39 is 0 Å². The van der Waals surface area contributed by atoms with Crippen LogP contribution in [0.1, 0.15) is 17.7 Å². The van der Waals surface area contributed by atoms with Crippen LogP contribution in [0.4, 0.5) is 0 Å². The molecule has 0 saturated carbocycles. The zero-order valence-electron chi connectivity index (χ0n) is 6.85. The van der Waals surface area contributed by atoms with Gasteiger partial charge in [0.1, 0.15) is 0 Å². The molecule has 1 nitrogen and oxygen atoms in total. The van der Waals surface area contributed by atoms with Crippen molar-refractivity contribution in [1.29, 1.82) is 0 Å². The van der Waals surface area contributed by atoms with Crippen molar-refractivity contribution >= 4 is 22.9 Å². The Labute approximate surface area is 81.7 Å². The summed E-state index contributed by atoms with van der Waals surface area (Å²) in [6.07, 6.45) is 3.72. The van der Waals surface area contributed by atoms with Gasteiger partial charge in [0.15, 0.2) is 0 Å². The molecule has 1 N–H and O–H groups in total. The van der Waals surface area contributed by atoms with Crippen molar-refractivity contribution in [2.45, 2.75) is 25.3 Å². The quantitative estimate of drug-likeness (QED) is 0.776. The van der Waals surface area contributed by atoms with E-state index in [4.69, 9.17) is 11.6 Å². The van der Waals surface area contributed by atoms with Gasteiger partial charge >= 0.3 is 0 Å². The van der Waals surface area contributed by atoms with Gasteiger partial charge in [-0.15, -0.1) is 11.3 Å². The van der Waals surface area contributed by atoms with E-state index in [-0.39, 0.29) is 0 Å². The van der Waals surface area contributed by atoms with Crippen LogP contribution in [0.2, 0.25) is 5.02 Å². The number of halogens is 1. The van der Waals surface area contributed by atoms with Crippen LogP contribution in [0.3, 0.4) is 0 Å². The molecule has 66 valence electrons. The fourth-order valence-corrected chi connectivity index (χ4v) is 2.82. The molecule has 0 bridgehead atoms. The summed E-state index contributed by atoms with van der Waals surface area (Å²) < 4.78 is 0. The Bertz CT molecular complexity index is 253. The third-order valence-corrected chi connectivity index (χ3v) is 3.69. The summed E-state index contributed by atoms with van der Waals surface area (Å²) in [5.74, 6) is 0. The summed E-state index contributed by atoms with van der Waals surface area (Å²) in [6, 6.07) is 2.65. The number of hydrogen-bond donors (Lipinski definition) is 1. The van der Waals surface area contributed by atoms with Gasteiger partial charge in [0.2, 0.25) is 0 Å². The predicted molar refractivity (Wildman–Crippen MR) is 54.1 cm³/mol. The van der Waals surface area contributed by atoms with E-state index in [2.05, 4.69) is 10.7 Å². The highest BCUT2D eigenvalue weighted by Gasteiger charge is 2.16.